The van der Waals surface area contributed by atoms with E-state index in [1.165, 1.54) is 12.1 Å². The molecule has 0 aromatic carbocycles. The van der Waals surface area contributed by atoms with Gasteiger partial charge in [0, 0.05) is 5.75 Å². The molecule has 5 nitrogen and oxygen atoms in total. The minimum Gasteiger partial charge on any atom is -0.475 e. The minimum atomic E-state index is -2.94. The zero-order valence-corrected chi connectivity index (χ0v) is 8.75. The molecule has 0 bridgehead atoms. The van der Waals surface area contributed by atoms with E-state index < -0.39 is 15.7 Å². The maximum absolute atomic E-state index is 11.9. The number of furan rings is 1. The van der Waals surface area contributed by atoms with Gasteiger partial charge < -0.3 is 9.52 Å². The van der Waals surface area contributed by atoms with E-state index >= 15 is 0 Å². The van der Waals surface area contributed by atoms with Crippen LogP contribution in [-0.2, 0) is 9.73 Å². The average Bonchev–Trinajstić information content (AvgIpc) is 2.80. The Morgan fingerprint density at radius 1 is 1.60 bits per heavy atom. The number of hydrogen-bond acceptors (Lipinski definition) is 4. The van der Waals surface area contributed by atoms with Crippen LogP contribution in [0.4, 0.5) is 0 Å². The van der Waals surface area contributed by atoms with Crippen LogP contribution in [0.15, 0.2) is 21.6 Å². The Kier molecular flexibility index (Phi) is 2.30. The SMILES string of the molecule is N=S(=O)(CC1CC1)c1ccc(C(=O)O)o1. The molecule has 0 aliphatic heterocycles. The first-order valence-corrected chi connectivity index (χ1v) is 6.31. The summed E-state index contributed by atoms with van der Waals surface area (Å²) in [5.74, 6) is -0.850. The predicted molar refractivity (Wildman–Crippen MR) is 52.4 cm³/mol. The Labute approximate surface area is 87.1 Å². The van der Waals surface area contributed by atoms with E-state index in [1.54, 1.807) is 0 Å². The molecule has 1 unspecified atom stereocenters. The molecule has 1 fully saturated rings. The first-order valence-electron chi connectivity index (χ1n) is 4.58. The molecule has 1 aromatic heterocycles. The molecule has 1 aliphatic carbocycles. The summed E-state index contributed by atoms with van der Waals surface area (Å²) in [5.41, 5.74) is 0. The van der Waals surface area contributed by atoms with Gasteiger partial charge in [0.05, 0.1) is 0 Å². The topological polar surface area (TPSA) is 91.4 Å². The van der Waals surface area contributed by atoms with Gasteiger partial charge in [-0.3, -0.25) is 0 Å². The lowest BCUT2D eigenvalue weighted by molar-refractivity contribution is 0.0656. The summed E-state index contributed by atoms with van der Waals surface area (Å²) in [4.78, 5) is 10.5. The molecule has 0 radical (unpaired) electrons. The first-order chi connectivity index (χ1) is 6.99. The van der Waals surface area contributed by atoms with E-state index in [1.807, 2.05) is 0 Å². The molecule has 2 rings (SSSR count). The quantitative estimate of drug-likeness (QED) is 0.823. The van der Waals surface area contributed by atoms with Gasteiger partial charge in [-0.25, -0.2) is 13.8 Å². The average molecular weight is 229 g/mol. The number of hydrogen-bond donors (Lipinski definition) is 2. The fourth-order valence-electron chi connectivity index (χ4n) is 1.31. The zero-order chi connectivity index (χ0) is 11.1. The van der Waals surface area contributed by atoms with Gasteiger partial charge in [0.1, 0.15) is 9.73 Å². The fraction of sp³-hybridized carbons (Fsp3) is 0.444. The molecule has 15 heavy (non-hydrogen) atoms. The van der Waals surface area contributed by atoms with Crippen molar-refractivity contribution in [2.45, 2.75) is 17.9 Å². The van der Waals surface area contributed by atoms with Crippen LogP contribution in [0, 0.1) is 10.7 Å². The molecule has 1 heterocycles. The van der Waals surface area contributed by atoms with Crippen LogP contribution in [0.2, 0.25) is 0 Å². The van der Waals surface area contributed by atoms with Crippen LogP contribution in [0.25, 0.3) is 0 Å². The molecule has 82 valence electrons. The van der Waals surface area contributed by atoms with Crippen LogP contribution in [0.5, 0.6) is 0 Å². The lowest BCUT2D eigenvalue weighted by atomic mass is 10.5. The normalized spacial score (nSPS) is 19.7. The molecule has 1 aliphatic rings. The van der Waals surface area contributed by atoms with Crippen LogP contribution < -0.4 is 0 Å². The van der Waals surface area contributed by atoms with Gasteiger partial charge in [-0.15, -0.1) is 0 Å². The second-order valence-corrected chi connectivity index (χ2v) is 5.80. The lowest BCUT2D eigenvalue weighted by Gasteiger charge is -2.01. The highest BCUT2D eigenvalue weighted by Crippen LogP contribution is 2.32. The van der Waals surface area contributed by atoms with Crippen LogP contribution in [0.1, 0.15) is 23.4 Å². The molecule has 0 spiro atoms. The fourth-order valence-corrected chi connectivity index (χ4v) is 2.98. The maximum atomic E-state index is 11.9. The number of aromatic carboxylic acids is 1. The number of carboxylic acid groups (broad SMARTS) is 1. The van der Waals surface area contributed by atoms with Crippen molar-refractivity contribution < 1.29 is 18.5 Å². The highest BCUT2D eigenvalue weighted by atomic mass is 32.2. The molecular weight excluding hydrogens is 218 g/mol. The van der Waals surface area contributed by atoms with Crippen molar-refractivity contribution in [2.75, 3.05) is 5.75 Å². The van der Waals surface area contributed by atoms with Crippen molar-refractivity contribution in [3.05, 3.63) is 17.9 Å². The first kappa shape index (κ1) is 10.2. The number of rotatable bonds is 4. The Morgan fingerprint density at radius 3 is 2.73 bits per heavy atom. The molecule has 1 atom stereocenters. The highest BCUT2D eigenvalue weighted by molar-refractivity contribution is 7.92. The summed E-state index contributed by atoms with van der Waals surface area (Å²) in [7, 11) is -2.94. The van der Waals surface area contributed by atoms with E-state index in [0.717, 1.165) is 12.8 Å². The number of nitrogens with one attached hydrogen (secondary N) is 1. The van der Waals surface area contributed by atoms with E-state index in [0.29, 0.717) is 5.92 Å². The van der Waals surface area contributed by atoms with Gasteiger partial charge in [-0.2, -0.15) is 0 Å². The number of carbonyl (C=O) groups is 1. The molecule has 0 amide bonds. The smallest absolute Gasteiger partial charge is 0.371 e. The van der Waals surface area contributed by atoms with Gasteiger partial charge >= 0.3 is 5.97 Å². The van der Waals surface area contributed by atoms with Crippen LogP contribution in [0.3, 0.4) is 0 Å². The van der Waals surface area contributed by atoms with E-state index in [4.69, 9.17) is 14.3 Å². The second kappa shape index (κ2) is 3.37. The summed E-state index contributed by atoms with van der Waals surface area (Å²) < 4.78 is 24.4. The van der Waals surface area contributed by atoms with Gasteiger partial charge in [-0.05, 0) is 30.9 Å². The number of carboxylic acids is 1. The Morgan fingerprint density at radius 2 is 2.27 bits per heavy atom. The van der Waals surface area contributed by atoms with Crippen molar-refractivity contribution in [1.82, 2.24) is 0 Å². The monoisotopic (exact) mass is 229 g/mol. The third kappa shape index (κ3) is 2.20. The molecule has 1 saturated carbocycles. The minimum absolute atomic E-state index is 0.0215. The molecule has 1 aromatic rings. The van der Waals surface area contributed by atoms with E-state index in [2.05, 4.69) is 0 Å². The summed E-state index contributed by atoms with van der Waals surface area (Å²) in [5, 5.41) is 8.59. The second-order valence-electron chi connectivity index (χ2n) is 3.71. The van der Waals surface area contributed by atoms with E-state index in [-0.39, 0.29) is 16.6 Å². The molecule has 6 heteroatoms. The zero-order valence-electron chi connectivity index (χ0n) is 7.93. The Balaban J connectivity index is 2.23. The van der Waals surface area contributed by atoms with E-state index in [9.17, 15) is 9.00 Å². The van der Waals surface area contributed by atoms with Crippen molar-refractivity contribution in [3.63, 3.8) is 0 Å². The lowest BCUT2D eigenvalue weighted by Crippen LogP contribution is -2.05. The largest absolute Gasteiger partial charge is 0.475 e. The maximum Gasteiger partial charge on any atom is 0.371 e. The Hall–Kier alpha value is -1.30. The van der Waals surface area contributed by atoms with Gasteiger partial charge in [0.25, 0.3) is 0 Å². The molecular formula is C9H11NO4S. The molecule has 2 N–H and O–H groups in total. The highest BCUT2D eigenvalue weighted by Gasteiger charge is 2.28. The Bertz CT molecular complexity index is 484. The van der Waals surface area contributed by atoms with Crippen molar-refractivity contribution in [1.29, 1.82) is 4.78 Å². The van der Waals surface area contributed by atoms with Crippen LogP contribution >= 0.6 is 0 Å². The van der Waals surface area contributed by atoms with Crippen LogP contribution in [-0.4, -0.2) is 21.0 Å². The third-order valence-corrected chi connectivity index (χ3v) is 4.09. The standard InChI is InChI=1S/C9H11NO4S/c10-15(13,5-6-1-2-6)8-4-3-7(14-8)9(11)12/h3-4,6,10H,1-2,5H2,(H,11,12). The van der Waals surface area contributed by atoms with Crippen molar-refractivity contribution in [2.24, 2.45) is 5.92 Å². The van der Waals surface area contributed by atoms with Crippen molar-refractivity contribution in [3.8, 4) is 0 Å². The van der Waals surface area contributed by atoms with Crippen molar-refractivity contribution >= 4 is 15.7 Å². The summed E-state index contributed by atoms with van der Waals surface area (Å²) in [6.45, 7) is 0. The summed E-state index contributed by atoms with van der Waals surface area (Å²) in [6.07, 6.45) is 2.00. The predicted octanol–water partition coefficient (Wildman–Crippen LogP) is 1.79. The summed E-state index contributed by atoms with van der Waals surface area (Å²) in [6, 6.07) is 2.56. The summed E-state index contributed by atoms with van der Waals surface area (Å²) >= 11 is 0. The van der Waals surface area contributed by atoms with Gasteiger partial charge in [0.15, 0.2) is 5.09 Å². The van der Waals surface area contributed by atoms with Gasteiger partial charge in [0.2, 0.25) is 5.76 Å². The molecule has 0 saturated heterocycles. The third-order valence-electron chi connectivity index (χ3n) is 2.28. The van der Waals surface area contributed by atoms with Gasteiger partial charge in [-0.1, -0.05) is 0 Å².